The highest BCUT2D eigenvalue weighted by Crippen LogP contribution is 2.38. The Balaban J connectivity index is 1.58. The van der Waals surface area contributed by atoms with Crippen molar-refractivity contribution >= 4 is 27.4 Å². The fourth-order valence-corrected chi connectivity index (χ4v) is 4.58. The topological polar surface area (TPSA) is 41.0 Å². The Morgan fingerprint density at radius 3 is 2.77 bits per heavy atom. The number of anilines is 1. The average molecular weight is 365 g/mol. The Hall–Kier alpha value is -2.24. The van der Waals surface area contributed by atoms with Crippen molar-refractivity contribution in [1.82, 2.24) is 15.3 Å². The van der Waals surface area contributed by atoms with E-state index in [-0.39, 0.29) is 0 Å². The number of piperidine rings is 1. The summed E-state index contributed by atoms with van der Waals surface area (Å²) in [6.07, 6.45) is 6.02. The summed E-state index contributed by atoms with van der Waals surface area (Å²) in [5.41, 5.74) is 2.48. The molecular formula is C21H24N4S. The summed E-state index contributed by atoms with van der Waals surface area (Å²) in [6.45, 7) is 7.84. The summed E-state index contributed by atoms with van der Waals surface area (Å²) in [7, 11) is 0. The first kappa shape index (κ1) is 17.2. The van der Waals surface area contributed by atoms with E-state index in [9.17, 15) is 0 Å². The van der Waals surface area contributed by atoms with Crippen molar-refractivity contribution < 1.29 is 0 Å². The molecule has 1 aliphatic heterocycles. The lowest BCUT2D eigenvalue weighted by Crippen LogP contribution is -2.37. The molecule has 0 radical (unpaired) electrons. The van der Waals surface area contributed by atoms with E-state index in [4.69, 9.17) is 0 Å². The number of thiophene rings is 1. The molecule has 0 unspecified atom stereocenters. The van der Waals surface area contributed by atoms with Crippen LogP contribution in [0.25, 0.3) is 21.3 Å². The minimum Gasteiger partial charge on any atom is -0.356 e. The molecular weight excluding hydrogens is 340 g/mol. The number of fused-ring (bicyclic) bond motifs is 1. The highest BCUT2D eigenvalue weighted by Gasteiger charge is 2.23. The van der Waals surface area contributed by atoms with Gasteiger partial charge < -0.3 is 10.2 Å². The number of rotatable bonds is 6. The smallest absolute Gasteiger partial charge is 0.141 e. The summed E-state index contributed by atoms with van der Waals surface area (Å²) in [4.78, 5) is 12.7. The quantitative estimate of drug-likeness (QED) is 0.521. The maximum Gasteiger partial charge on any atom is 0.141 e. The Labute approximate surface area is 158 Å². The molecule has 3 aromatic rings. The van der Waals surface area contributed by atoms with E-state index < -0.39 is 0 Å². The molecule has 1 saturated heterocycles. The first-order valence-electron chi connectivity index (χ1n) is 9.21. The van der Waals surface area contributed by atoms with Crippen LogP contribution in [0.5, 0.6) is 0 Å². The standard InChI is InChI=1S/C21H24N4S/c1-2-10-22-13-16-8-11-25(12-9-16)20-19-18(17-6-4-3-5-7-17)14-26-21(19)24-15-23-20/h2-7,14-16,22H,1,8-13H2. The van der Waals surface area contributed by atoms with Crippen molar-refractivity contribution in [3.63, 3.8) is 0 Å². The minimum atomic E-state index is 0.736. The normalized spacial score (nSPS) is 15.5. The maximum absolute atomic E-state index is 4.68. The summed E-state index contributed by atoms with van der Waals surface area (Å²) >= 11 is 1.70. The third-order valence-electron chi connectivity index (χ3n) is 5.07. The number of nitrogens with zero attached hydrogens (tertiary/aromatic N) is 3. The zero-order valence-corrected chi connectivity index (χ0v) is 15.7. The third-order valence-corrected chi connectivity index (χ3v) is 5.96. The van der Waals surface area contributed by atoms with Crippen LogP contribution in [0.3, 0.4) is 0 Å². The Bertz CT molecular complexity index is 866. The van der Waals surface area contributed by atoms with Gasteiger partial charge >= 0.3 is 0 Å². The van der Waals surface area contributed by atoms with Crippen LogP contribution in [0.15, 0.2) is 54.7 Å². The first-order chi connectivity index (χ1) is 12.9. The molecule has 0 spiro atoms. The number of benzene rings is 1. The summed E-state index contributed by atoms with van der Waals surface area (Å²) < 4.78 is 0. The van der Waals surface area contributed by atoms with E-state index >= 15 is 0 Å². The van der Waals surface area contributed by atoms with Crippen LogP contribution in [0.4, 0.5) is 5.82 Å². The summed E-state index contributed by atoms with van der Waals surface area (Å²) in [5.74, 6) is 1.83. The van der Waals surface area contributed by atoms with Crippen molar-refractivity contribution in [3.05, 3.63) is 54.7 Å². The molecule has 1 aliphatic rings. The van der Waals surface area contributed by atoms with Crippen LogP contribution in [-0.4, -0.2) is 36.1 Å². The van der Waals surface area contributed by atoms with Gasteiger partial charge in [0.2, 0.25) is 0 Å². The van der Waals surface area contributed by atoms with Crippen LogP contribution in [0.2, 0.25) is 0 Å². The second kappa shape index (κ2) is 7.98. The van der Waals surface area contributed by atoms with Crippen LogP contribution in [-0.2, 0) is 0 Å². The van der Waals surface area contributed by atoms with E-state index in [1.54, 1.807) is 17.7 Å². The molecule has 4 nitrogen and oxygen atoms in total. The van der Waals surface area contributed by atoms with E-state index in [2.05, 4.69) is 62.5 Å². The zero-order valence-electron chi connectivity index (χ0n) is 14.9. The maximum atomic E-state index is 4.68. The van der Waals surface area contributed by atoms with Gasteiger partial charge in [-0.3, -0.25) is 0 Å². The van der Waals surface area contributed by atoms with Gasteiger partial charge in [-0.15, -0.1) is 17.9 Å². The Morgan fingerprint density at radius 1 is 1.19 bits per heavy atom. The molecule has 3 heterocycles. The van der Waals surface area contributed by atoms with Crippen LogP contribution in [0.1, 0.15) is 12.8 Å². The first-order valence-corrected chi connectivity index (χ1v) is 10.1. The Kier molecular flexibility index (Phi) is 5.27. The van der Waals surface area contributed by atoms with E-state index in [0.717, 1.165) is 42.7 Å². The molecule has 0 atom stereocenters. The Morgan fingerprint density at radius 2 is 2.00 bits per heavy atom. The SMILES string of the molecule is C=CCNCC1CCN(c2ncnc3scc(-c4ccccc4)c23)CC1. The highest BCUT2D eigenvalue weighted by atomic mass is 32.1. The van der Waals surface area contributed by atoms with Gasteiger partial charge in [0, 0.05) is 30.6 Å². The minimum absolute atomic E-state index is 0.736. The van der Waals surface area contributed by atoms with Gasteiger partial charge in [-0.2, -0.15) is 0 Å². The predicted molar refractivity (Wildman–Crippen MR) is 111 cm³/mol. The van der Waals surface area contributed by atoms with Gasteiger partial charge in [0.15, 0.2) is 0 Å². The van der Waals surface area contributed by atoms with Crippen molar-refractivity contribution in [2.45, 2.75) is 12.8 Å². The van der Waals surface area contributed by atoms with Crippen molar-refractivity contribution in [3.8, 4) is 11.1 Å². The molecule has 0 amide bonds. The largest absolute Gasteiger partial charge is 0.356 e. The van der Waals surface area contributed by atoms with E-state index in [1.807, 2.05) is 6.08 Å². The monoisotopic (exact) mass is 364 g/mol. The molecule has 1 N–H and O–H groups in total. The predicted octanol–water partition coefficient (Wildman–Crippen LogP) is 4.35. The summed E-state index contributed by atoms with van der Waals surface area (Å²) in [5, 5.41) is 6.87. The van der Waals surface area contributed by atoms with E-state index in [0.29, 0.717) is 0 Å². The van der Waals surface area contributed by atoms with Crippen molar-refractivity contribution in [1.29, 1.82) is 0 Å². The highest BCUT2D eigenvalue weighted by molar-refractivity contribution is 7.17. The van der Waals surface area contributed by atoms with Crippen molar-refractivity contribution in [2.24, 2.45) is 5.92 Å². The number of nitrogens with one attached hydrogen (secondary N) is 1. The molecule has 4 rings (SSSR count). The number of hydrogen-bond donors (Lipinski definition) is 1. The lowest BCUT2D eigenvalue weighted by molar-refractivity contribution is 0.388. The zero-order chi connectivity index (χ0) is 17.8. The second-order valence-corrected chi connectivity index (χ2v) is 7.63. The van der Waals surface area contributed by atoms with Gasteiger partial charge in [-0.25, -0.2) is 9.97 Å². The lowest BCUT2D eigenvalue weighted by atomic mass is 9.96. The second-order valence-electron chi connectivity index (χ2n) is 6.77. The van der Waals surface area contributed by atoms with Gasteiger partial charge in [0.25, 0.3) is 0 Å². The fourth-order valence-electron chi connectivity index (χ4n) is 3.67. The molecule has 1 aromatic carbocycles. The third kappa shape index (κ3) is 3.50. The summed E-state index contributed by atoms with van der Waals surface area (Å²) in [6, 6.07) is 10.6. The van der Waals surface area contributed by atoms with Gasteiger partial charge in [-0.05, 0) is 30.9 Å². The molecule has 5 heteroatoms. The fraction of sp³-hybridized carbons (Fsp3) is 0.333. The van der Waals surface area contributed by atoms with Gasteiger partial charge in [0.1, 0.15) is 17.0 Å². The van der Waals surface area contributed by atoms with Crippen LogP contribution in [0, 0.1) is 5.92 Å². The molecule has 0 saturated carbocycles. The molecule has 1 fully saturated rings. The molecule has 26 heavy (non-hydrogen) atoms. The van der Waals surface area contributed by atoms with E-state index in [1.165, 1.54) is 29.4 Å². The van der Waals surface area contributed by atoms with Gasteiger partial charge in [-0.1, -0.05) is 36.4 Å². The van der Waals surface area contributed by atoms with Gasteiger partial charge in [0.05, 0.1) is 5.39 Å². The van der Waals surface area contributed by atoms with Crippen LogP contribution >= 0.6 is 11.3 Å². The number of hydrogen-bond acceptors (Lipinski definition) is 5. The molecule has 2 aromatic heterocycles. The lowest BCUT2D eigenvalue weighted by Gasteiger charge is -2.33. The molecule has 0 aliphatic carbocycles. The number of aromatic nitrogens is 2. The van der Waals surface area contributed by atoms with Crippen LogP contribution < -0.4 is 10.2 Å². The molecule has 0 bridgehead atoms. The van der Waals surface area contributed by atoms with Crippen molar-refractivity contribution in [2.75, 3.05) is 31.1 Å². The molecule has 134 valence electrons. The average Bonchev–Trinajstić information content (AvgIpc) is 3.14.